The van der Waals surface area contributed by atoms with Gasteiger partial charge in [0.25, 0.3) is 0 Å². The van der Waals surface area contributed by atoms with E-state index in [1.54, 1.807) is 0 Å². The number of aryl methyl sites for hydroxylation is 1. The molecule has 0 aliphatic rings. The standard InChI is InChI=1S/C17H17NO/c1-3-19-15-10-8-13(9-11-15)17-12-14-6-4-5-7-16(14)18(17)2/h4-12H,3H2,1-2H3. The lowest BCUT2D eigenvalue weighted by Gasteiger charge is -2.06. The third-order valence-corrected chi connectivity index (χ3v) is 3.41. The Morgan fingerprint density at radius 3 is 2.42 bits per heavy atom. The van der Waals surface area contributed by atoms with Gasteiger partial charge in [-0.05, 0) is 48.9 Å². The zero-order valence-electron chi connectivity index (χ0n) is 11.3. The van der Waals surface area contributed by atoms with Crippen LogP contribution in [0.25, 0.3) is 22.2 Å². The van der Waals surface area contributed by atoms with Crippen LogP contribution in [-0.4, -0.2) is 11.2 Å². The maximum atomic E-state index is 5.48. The third-order valence-electron chi connectivity index (χ3n) is 3.41. The molecule has 0 bridgehead atoms. The molecule has 2 heteroatoms. The second kappa shape index (κ2) is 4.81. The minimum absolute atomic E-state index is 0.702. The Labute approximate surface area is 113 Å². The van der Waals surface area contributed by atoms with E-state index in [2.05, 4.69) is 54.1 Å². The van der Waals surface area contributed by atoms with Crippen molar-refractivity contribution in [1.29, 1.82) is 0 Å². The minimum atomic E-state index is 0.702. The number of hydrogen-bond acceptors (Lipinski definition) is 1. The summed E-state index contributed by atoms with van der Waals surface area (Å²) < 4.78 is 7.71. The van der Waals surface area contributed by atoms with Gasteiger partial charge in [-0.15, -0.1) is 0 Å². The molecule has 0 fully saturated rings. The summed E-state index contributed by atoms with van der Waals surface area (Å²) >= 11 is 0. The van der Waals surface area contributed by atoms with Crippen molar-refractivity contribution in [1.82, 2.24) is 4.57 Å². The molecule has 3 rings (SSSR count). The van der Waals surface area contributed by atoms with Crippen LogP contribution in [0.15, 0.2) is 54.6 Å². The van der Waals surface area contributed by atoms with Crippen molar-refractivity contribution in [2.45, 2.75) is 6.92 Å². The maximum absolute atomic E-state index is 5.48. The van der Waals surface area contributed by atoms with Gasteiger partial charge in [-0.3, -0.25) is 0 Å². The van der Waals surface area contributed by atoms with Crippen LogP contribution < -0.4 is 4.74 Å². The van der Waals surface area contributed by atoms with Crippen molar-refractivity contribution in [2.24, 2.45) is 7.05 Å². The Morgan fingerprint density at radius 2 is 1.74 bits per heavy atom. The van der Waals surface area contributed by atoms with Gasteiger partial charge in [-0.2, -0.15) is 0 Å². The van der Waals surface area contributed by atoms with Crippen molar-refractivity contribution in [3.63, 3.8) is 0 Å². The van der Waals surface area contributed by atoms with Gasteiger partial charge < -0.3 is 9.30 Å². The summed E-state index contributed by atoms with van der Waals surface area (Å²) in [6.07, 6.45) is 0. The molecule has 0 aliphatic carbocycles. The summed E-state index contributed by atoms with van der Waals surface area (Å²) in [5, 5.41) is 1.27. The normalized spacial score (nSPS) is 10.8. The number of aromatic nitrogens is 1. The summed E-state index contributed by atoms with van der Waals surface area (Å²) in [5.41, 5.74) is 3.69. The Hall–Kier alpha value is -2.22. The Balaban J connectivity index is 2.06. The largest absolute Gasteiger partial charge is 0.494 e. The third kappa shape index (κ3) is 2.10. The number of fused-ring (bicyclic) bond motifs is 1. The lowest BCUT2D eigenvalue weighted by molar-refractivity contribution is 0.340. The molecular weight excluding hydrogens is 234 g/mol. The quantitative estimate of drug-likeness (QED) is 0.679. The molecule has 0 amide bonds. The molecule has 19 heavy (non-hydrogen) atoms. The summed E-state index contributed by atoms with van der Waals surface area (Å²) in [6, 6.07) is 18.9. The fourth-order valence-corrected chi connectivity index (χ4v) is 2.45. The second-order valence-corrected chi connectivity index (χ2v) is 4.60. The first-order valence-corrected chi connectivity index (χ1v) is 6.57. The van der Waals surface area contributed by atoms with E-state index in [-0.39, 0.29) is 0 Å². The fraction of sp³-hybridized carbons (Fsp3) is 0.176. The first-order chi connectivity index (χ1) is 9.29. The average Bonchev–Trinajstić information content (AvgIpc) is 2.78. The first-order valence-electron chi connectivity index (χ1n) is 6.57. The van der Waals surface area contributed by atoms with E-state index in [9.17, 15) is 0 Å². The molecule has 1 heterocycles. The number of para-hydroxylation sites is 1. The first kappa shape index (κ1) is 11.8. The van der Waals surface area contributed by atoms with Crippen LogP contribution >= 0.6 is 0 Å². The van der Waals surface area contributed by atoms with Gasteiger partial charge in [0.15, 0.2) is 0 Å². The van der Waals surface area contributed by atoms with Crippen LogP contribution in [0.3, 0.4) is 0 Å². The van der Waals surface area contributed by atoms with Gasteiger partial charge in [0.2, 0.25) is 0 Å². The molecule has 2 nitrogen and oxygen atoms in total. The highest BCUT2D eigenvalue weighted by atomic mass is 16.5. The smallest absolute Gasteiger partial charge is 0.119 e. The molecule has 0 atom stereocenters. The second-order valence-electron chi connectivity index (χ2n) is 4.60. The molecular formula is C17H17NO. The highest BCUT2D eigenvalue weighted by molar-refractivity contribution is 5.86. The SMILES string of the molecule is CCOc1ccc(-c2cc3ccccc3n2C)cc1. The molecule has 2 aromatic carbocycles. The predicted molar refractivity (Wildman–Crippen MR) is 79.5 cm³/mol. The molecule has 0 radical (unpaired) electrons. The van der Waals surface area contributed by atoms with E-state index in [1.165, 1.54) is 22.2 Å². The van der Waals surface area contributed by atoms with E-state index >= 15 is 0 Å². The van der Waals surface area contributed by atoms with Gasteiger partial charge in [0.05, 0.1) is 6.61 Å². The molecule has 3 aromatic rings. The van der Waals surface area contributed by atoms with E-state index in [0.717, 1.165) is 5.75 Å². The van der Waals surface area contributed by atoms with Crippen LogP contribution in [0.5, 0.6) is 5.75 Å². The van der Waals surface area contributed by atoms with Crippen LogP contribution in [0.2, 0.25) is 0 Å². The molecule has 0 saturated carbocycles. The van der Waals surface area contributed by atoms with E-state index in [1.807, 2.05) is 19.1 Å². The number of rotatable bonds is 3. The van der Waals surface area contributed by atoms with Crippen LogP contribution in [0.4, 0.5) is 0 Å². The molecule has 0 aliphatic heterocycles. The molecule has 0 spiro atoms. The highest BCUT2D eigenvalue weighted by Gasteiger charge is 2.07. The van der Waals surface area contributed by atoms with Crippen LogP contribution in [0, 0.1) is 0 Å². The zero-order valence-corrected chi connectivity index (χ0v) is 11.3. The molecule has 0 saturated heterocycles. The van der Waals surface area contributed by atoms with E-state index in [0.29, 0.717) is 6.61 Å². The maximum Gasteiger partial charge on any atom is 0.119 e. The number of nitrogens with zero attached hydrogens (tertiary/aromatic N) is 1. The summed E-state index contributed by atoms with van der Waals surface area (Å²) in [6.45, 7) is 2.70. The lowest BCUT2D eigenvalue weighted by Crippen LogP contribution is -1.93. The van der Waals surface area contributed by atoms with Crippen molar-refractivity contribution in [3.05, 3.63) is 54.6 Å². The van der Waals surface area contributed by atoms with Crippen molar-refractivity contribution in [2.75, 3.05) is 6.61 Å². The van der Waals surface area contributed by atoms with Gasteiger partial charge in [0.1, 0.15) is 5.75 Å². The fourth-order valence-electron chi connectivity index (χ4n) is 2.45. The van der Waals surface area contributed by atoms with Crippen molar-refractivity contribution < 1.29 is 4.74 Å². The minimum Gasteiger partial charge on any atom is -0.494 e. The number of ether oxygens (including phenoxy) is 1. The van der Waals surface area contributed by atoms with Gasteiger partial charge in [-0.25, -0.2) is 0 Å². The van der Waals surface area contributed by atoms with Crippen LogP contribution in [0.1, 0.15) is 6.92 Å². The molecule has 0 N–H and O–H groups in total. The lowest BCUT2D eigenvalue weighted by atomic mass is 10.1. The summed E-state index contributed by atoms with van der Waals surface area (Å²) in [4.78, 5) is 0. The number of hydrogen-bond donors (Lipinski definition) is 0. The van der Waals surface area contributed by atoms with Crippen molar-refractivity contribution >= 4 is 10.9 Å². The Bertz CT molecular complexity index is 695. The van der Waals surface area contributed by atoms with Crippen molar-refractivity contribution in [3.8, 4) is 17.0 Å². The Morgan fingerprint density at radius 1 is 1.00 bits per heavy atom. The predicted octanol–water partition coefficient (Wildman–Crippen LogP) is 4.24. The van der Waals surface area contributed by atoms with Gasteiger partial charge in [0, 0.05) is 23.6 Å². The van der Waals surface area contributed by atoms with E-state index < -0.39 is 0 Å². The topological polar surface area (TPSA) is 14.2 Å². The molecule has 0 unspecified atom stereocenters. The highest BCUT2D eigenvalue weighted by Crippen LogP contribution is 2.28. The monoisotopic (exact) mass is 251 g/mol. The Kier molecular flexibility index (Phi) is 3.00. The number of benzene rings is 2. The van der Waals surface area contributed by atoms with Gasteiger partial charge in [-0.1, -0.05) is 18.2 Å². The van der Waals surface area contributed by atoms with E-state index in [4.69, 9.17) is 4.74 Å². The summed E-state index contributed by atoms with van der Waals surface area (Å²) in [7, 11) is 2.11. The molecule has 1 aromatic heterocycles. The van der Waals surface area contributed by atoms with Crippen LogP contribution in [-0.2, 0) is 7.05 Å². The molecule has 96 valence electrons. The van der Waals surface area contributed by atoms with Gasteiger partial charge >= 0.3 is 0 Å². The summed E-state index contributed by atoms with van der Waals surface area (Å²) in [5.74, 6) is 0.921. The average molecular weight is 251 g/mol. The zero-order chi connectivity index (χ0) is 13.2.